The van der Waals surface area contributed by atoms with E-state index < -0.39 is 0 Å². The quantitative estimate of drug-likeness (QED) is 0.666. The van der Waals surface area contributed by atoms with Crippen molar-refractivity contribution in [2.24, 2.45) is 7.05 Å². The van der Waals surface area contributed by atoms with Crippen molar-refractivity contribution in [1.82, 2.24) is 14.4 Å². The molecule has 0 spiro atoms. The number of urea groups is 1. The summed E-state index contributed by atoms with van der Waals surface area (Å²) in [5, 5.41) is 2.96. The smallest absolute Gasteiger partial charge is 0.322 e. The van der Waals surface area contributed by atoms with Crippen LogP contribution in [0.4, 0.5) is 10.5 Å². The molecule has 3 rings (SSSR count). The van der Waals surface area contributed by atoms with Gasteiger partial charge in [-0.2, -0.15) is 0 Å². The molecule has 1 saturated carbocycles. The number of aryl methyl sites for hydroxylation is 2. The lowest BCUT2D eigenvalue weighted by molar-refractivity contribution is -0.133. The first-order chi connectivity index (χ1) is 14.4. The molecule has 0 aliphatic heterocycles. The Morgan fingerprint density at radius 2 is 1.87 bits per heavy atom. The van der Waals surface area contributed by atoms with E-state index in [1.54, 1.807) is 4.90 Å². The fourth-order valence-electron chi connectivity index (χ4n) is 3.55. The predicted molar refractivity (Wildman–Crippen MR) is 120 cm³/mol. The Hall–Kier alpha value is -2.76. The van der Waals surface area contributed by atoms with Crippen molar-refractivity contribution < 1.29 is 9.59 Å². The van der Waals surface area contributed by atoms with Gasteiger partial charge in [-0.15, -0.1) is 0 Å². The highest BCUT2D eigenvalue weighted by Gasteiger charge is 2.34. The molecule has 1 aliphatic rings. The molecule has 1 aliphatic carbocycles. The van der Waals surface area contributed by atoms with Crippen LogP contribution in [0.25, 0.3) is 0 Å². The van der Waals surface area contributed by atoms with Gasteiger partial charge in [0.15, 0.2) is 0 Å². The Balaban J connectivity index is 1.69. The van der Waals surface area contributed by atoms with Gasteiger partial charge in [0.05, 0.1) is 6.54 Å². The summed E-state index contributed by atoms with van der Waals surface area (Å²) in [4.78, 5) is 29.9. The van der Waals surface area contributed by atoms with Crippen molar-refractivity contribution in [3.8, 4) is 0 Å². The molecule has 0 bridgehead atoms. The first kappa shape index (κ1) is 21.9. The number of hydrogen-bond donors (Lipinski definition) is 1. The van der Waals surface area contributed by atoms with E-state index >= 15 is 0 Å². The summed E-state index contributed by atoms with van der Waals surface area (Å²) in [5.74, 6) is 0.00970. The molecule has 1 unspecified atom stereocenters. The second-order valence-electron chi connectivity index (χ2n) is 8.23. The standard InChI is InChI=1S/C24H34N4O2/c1-5-18(3)27(24(30)25-20-11-9-19(6-2)10-12-20)17-23(29)28(21-13-14-21)16-22-8-7-15-26(22)4/h7-12,15,18,21H,5-6,13-14,16-17H2,1-4H3,(H,25,30). The van der Waals surface area contributed by atoms with Crippen LogP contribution in [0.1, 0.15) is 51.3 Å². The number of aromatic nitrogens is 1. The fraction of sp³-hybridized carbons (Fsp3) is 0.500. The van der Waals surface area contributed by atoms with Gasteiger partial charge in [-0.25, -0.2) is 4.79 Å². The molecule has 1 aromatic carbocycles. The monoisotopic (exact) mass is 410 g/mol. The van der Waals surface area contributed by atoms with Gasteiger partial charge >= 0.3 is 6.03 Å². The third-order valence-corrected chi connectivity index (χ3v) is 5.99. The molecule has 2 aromatic rings. The Labute approximate surface area is 179 Å². The lowest BCUT2D eigenvalue weighted by atomic mass is 10.1. The minimum absolute atomic E-state index is 0.00970. The van der Waals surface area contributed by atoms with E-state index in [1.165, 1.54) is 5.56 Å². The van der Waals surface area contributed by atoms with Crippen LogP contribution < -0.4 is 5.32 Å². The van der Waals surface area contributed by atoms with Crippen LogP contribution >= 0.6 is 0 Å². The Morgan fingerprint density at radius 1 is 1.17 bits per heavy atom. The minimum atomic E-state index is -0.225. The summed E-state index contributed by atoms with van der Waals surface area (Å²) < 4.78 is 2.04. The number of hydrogen-bond acceptors (Lipinski definition) is 2. The van der Waals surface area contributed by atoms with Crippen LogP contribution in [-0.4, -0.2) is 44.9 Å². The Kier molecular flexibility index (Phi) is 7.19. The summed E-state index contributed by atoms with van der Waals surface area (Å²) in [6.45, 7) is 6.81. The van der Waals surface area contributed by atoms with Gasteiger partial charge in [-0.3, -0.25) is 4.79 Å². The number of benzene rings is 1. The van der Waals surface area contributed by atoms with E-state index in [0.29, 0.717) is 6.54 Å². The van der Waals surface area contributed by atoms with Crippen molar-refractivity contribution in [3.63, 3.8) is 0 Å². The Bertz CT molecular complexity index is 854. The van der Waals surface area contributed by atoms with Crippen LogP contribution in [0, 0.1) is 0 Å². The molecule has 1 heterocycles. The summed E-state index contributed by atoms with van der Waals surface area (Å²) in [5.41, 5.74) is 3.08. The molecule has 0 radical (unpaired) electrons. The number of anilines is 1. The number of rotatable bonds is 9. The topological polar surface area (TPSA) is 57.6 Å². The maximum absolute atomic E-state index is 13.2. The van der Waals surface area contributed by atoms with Crippen molar-refractivity contribution in [2.45, 2.75) is 65.1 Å². The Morgan fingerprint density at radius 3 is 2.40 bits per heavy atom. The van der Waals surface area contributed by atoms with Gasteiger partial charge in [-0.05, 0) is 62.4 Å². The van der Waals surface area contributed by atoms with Crippen molar-refractivity contribution in [2.75, 3.05) is 11.9 Å². The zero-order chi connectivity index (χ0) is 21.7. The van der Waals surface area contributed by atoms with E-state index in [4.69, 9.17) is 0 Å². The predicted octanol–water partition coefficient (Wildman–Crippen LogP) is 4.41. The SMILES string of the molecule is CCc1ccc(NC(=O)N(CC(=O)N(Cc2cccn2C)C2CC2)C(C)CC)cc1. The molecule has 6 nitrogen and oxygen atoms in total. The van der Waals surface area contributed by atoms with Gasteiger partial charge in [0.25, 0.3) is 0 Å². The van der Waals surface area contributed by atoms with E-state index in [0.717, 1.165) is 37.1 Å². The van der Waals surface area contributed by atoms with Crippen LogP contribution in [0.3, 0.4) is 0 Å². The third-order valence-electron chi connectivity index (χ3n) is 5.99. The number of carbonyl (C=O) groups is 2. The lowest BCUT2D eigenvalue weighted by Gasteiger charge is -2.31. The zero-order valence-electron chi connectivity index (χ0n) is 18.6. The van der Waals surface area contributed by atoms with Crippen molar-refractivity contribution in [1.29, 1.82) is 0 Å². The number of carbonyl (C=O) groups excluding carboxylic acids is 2. The van der Waals surface area contributed by atoms with Gasteiger partial charge < -0.3 is 19.7 Å². The highest BCUT2D eigenvalue weighted by atomic mass is 16.2. The average molecular weight is 411 g/mol. The summed E-state index contributed by atoms with van der Waals surface area (Å²) >= 11 is 0. The zero-order valence-corrected chi connectivity index (χ0v) is 18.6. The van der Waals surface area contributed by atoms with Crippen LogP contribution in [0.15, 0.2) is 42.6 Å². The number of nitrogens with zero attached hydrogens (tertiary/aromatic N) is 3. The van der Waals surface area contributed by atoms with E-state index in [9.17, 15) is 9.59 Å². The highest BCUT2D eigenvalue weighted by molar-refractivity contribution is 5.92. The van der Waals surface area contributed by atoms with Gasteiger partial charge in [0.2, 0.25) is 5.91 Å². The van der Waals surface area contributed by atoms with Crippen LogP contribution in [0.2, 0.25) is 0 Å². The van der Waals surface area contributed by atoms with E-state index in [2.05, 4.69) is 12.2 Å². The molecule has 0 saturated heterocycles. The fourth-order valence-corrected chi connectivity index (χ4v) is 3.55. The van der Waals surface area contributed by atoms with Gasteiger partial charge in [-0.1, -0.05) is 26.0 Å². The lowest BCUT2D eigenvalue weighted by Crippen LogP contribution is -2.48. The van der Waals surface area contributed by atoms with Crippen LogP contribution in [-0.2, 0) is 24.8 Å². The van der Waals surface area contributed by atoms with Gasteiger partial charge in [0, 0.05) is 36.7 Å². The largest absolute Gasteiger partial charge is 0.353 e. The van der Waals surface area contributed by atoms with Gasteiger partial charge in [0.1, 0.15) is 6.54 Å². The third kappa shape index (κ3) is 5.43. The molecule has 6 heteroatoms. The first-order valence-corrected chi connectivity index (χ1v) is 11.0. The average Bonchev–Trinajstić information content (AvgIpc) is 3.51. The maximum atomic E-state index is 13.2. The summed E-state index contributed by atoms with van der Waals surface area (Å²) in [6, 6.07) is 11.9. The second kappa shape index (κ2) is 9.83. The van der Waals surface area contributed by atoms with Crippen molar-refractivity contribution >= 4 is 17.6 Å². The molecule has 1 aromatic heterocycles. The number of nitrogens with one attached hydrogen (secondary N) is 1. The highest BCUT2D eigenvalue weighted by Crippen LogP contribution is 2.29. The molecule has 1 N–H and O–H groups in total. The molecule has 3 amide bonds. The van der Waals surface area contributed by atoms with E-state index in [-0.39, 0.29) is 30.6 Å². The maximum Gasteiger partial charge on any atom is 0.322 e. The van der Waals surface area contributed by atoms with Crippen molar-refractivity contribution in [3.05, 3.63) is 53.9 Å². The molecule has 162 valence electrons. The molecular formula is C24H34N4O2. The molecule has 1 fully saturated rings. The second-order valence-corrected chi connectivity index (χ2v) is 8.23. The number of amides is 3. The molecule has 1 atom stereocenters. The normalized spacial score (nSPS) is 14.3. The summed E-state index contributed by atoms with van der Waals surface area (Å²) in [7, 11) is 1.99. The first-order valence-electron chi connectivity index (χ1n) is 11.0. The summed E-state index contributed by atoms with van der Waals surface area (Å²) in [6.07, 6.45) is 5.81. The van der Waals surface area contributed by atoms with Crippen LogP contribution in [0.5, 0.6) is 0 Å². The molecule has 30 heavy (non-hydrogen) atoms. The van der Waals surface area contributed by atoms with E-state index in [1.807, 2.05) is 73.0 Å². The molecular weight excluding hydrogens is 376 g/mol. The minimum Gasteiger partial charge on any atom is -0.353 e.